The number of anilines is 2. The Hall–Kier alpha value is -2.98. The Kier molecular flexibility index (Phi) is 6.90. The van der Waals surface area contributed by atoms with Gasteiger partial charge in [0.25, 0.3) is 15.9 Å². The molecule has 0 saturated carbocycles. The van der Waals surface area contributed by atoms with E-state index in [2.05, 4.69) is 20.2 Å². The summed E-state index contributed by atoms with van der Waals surface area (Å²) in [6.07, 6.45) is 0. The molecule has 174 valence electrons. The highest BCUT2D eigenvalue weighted by atomic mass is 35.5. The molecule has 4 rings (SSSR count). The molecule has 34 heavy (non-hydrogen) atoms. The summed E-state index contributed by atoms with van der Waals surface area (Å²) in [4.78, 5) is 12.6. The lowest BCUT2D eigenvalue weighted by Crippen LogP contribution is -2.17. The fourth-order valence-corrected chi connectivity index (χ4v) is 5.66. The smallest absolute Gasteiger partial charge is 0.263 e. The van der Waals surface area contributed by atoms with Gasteiger partial charge in [-0.05, 0) is 55.8 Å². The monoisotopic (exact) mass is 532 g/mol. The largest absolute Gasteiger partial charge is 0.296 e. The number of aromatic nitrogens is 2. The number of sulfonamides is 1. The number of nitrogens with one attached hydrogen (secondary N) is 2. The number of hydrogen-bond donors (Lipinski definition) is 2. The molecule has 0 unspecified atom stereocenters. The lowest BCUT2D eigenvalue weighted by Gasteiger charge is -2.13. The van der Waals surface area contributed by atoms with Gasteiger partial charge in [0.05, 0.1) is 10.7 Å². The van der Waals surface area contributed by atoms with Crippen molar-refractivity contribution in [2.75, 3.05) is 10.0 Å². The molecule has 0 aliphatic heterocycles. The van der Waals surface area contributed by atoms with Crippen LogP contribution in [-0.2, 0) is 10.0 Å². The maximum Gasteiger partial charge on any atom is 0.263 e. The summed E-state index contributed by atoms with van der Waals surface area (Å²) in [5, 5.41) is 12.2. The third-order valence-corrected chi connectivity index (χ3v) is 7.83. The van der Waals surface area contributed by atoms with Crippen molar-refractivity contribution in [1.82, 2.24) is 10.2 Å². The number of nitrogens with zero attached hydrogens (tertiary/aromatic N) is 2. The molecule has 0 atom stereocenters. The zero-order chi connectivity index (χ0) is 24.5. The number of benzene rings is 3. The predicted octanol–water partition coefficient (Wildman–Crippen LogP) is 6.18. The van der Waals surface area contributed by atoms with E-state index in [1.165, 1.54) is 29.5 Å². The van der Waals surface area contributed by atoms with Crippen molar-refractivity contribution in [3.63, 3.8) is 0 Å². The van der Waals surface area contributed by atoms with Gasteiger partial charge in [0.15, 0.2) is 0 Å². The molecule has 0 saturated heterocycles. The highest BCUT2D eigenvalue weighted by Gasteiger charge is 2.22. The molecule has 4 aromatic rings. The number of halogens is 2. The molecule has 11 heteroatoms. The fourth-order valence-electron chi connectivity index (χ4n) is 3.13. The molecule has 2 N–H and O–H groups in total. The number of rotatable bonds is 6. The average molecular weight is 533 g/mol. The molecular weight excluding hydrogens is 515 g/mol. The Bertz CT molecular complexity index is 1490. The Balaban J connectivity index is 1.55. The molecule has 7 nitrogen and oxygen atoms in total. The molecule has 0 spiro atoms. The van der Waals surface area contributed by atoms with E-state index in [0.717, 1.165) is 16.7 Å². The van der Waals surface area contributed by atoms with Gasteiger partial charge in [-0.25, -0.2) is 8.42 Å². The standard InChI is InChI=1S/C23H18Cl2N4O3S2/c1-13-3-10-19(14(2)11-13)29-34(31,32)20-12-16(6-9-18(20)25)21(30)26-23-28-27-22(33-23)15-4-7-17(24)8-5-15/h3-12,29H,1-2H3,(H,26,28,30). The summed E-state index contributed by atoms with van der Waals surface area (Å²) in [6.45, 7) is 3.72. The molecule has 1 aromatic heterocycles. The molecule has 1 amide bonds. The first-order valence-corrected chi connectivity index (χ1v) is 13.0. The summed E-state index contributed by atoms with van der Waals surface area (Å²) in [7, 11) is -4.04. The van der Waals surface area contributed by atoms with Crippen molar-refractivity contribution in [1.29, 1.82) is 0 Å². The Labute approximate surface area is 210 Å². The van der Waals surface area contributed by atoms with Crippen LogP contribution in [0.3, 0.4) is 0 Å². The number of aryl methyl sites for hydroxylation is 2. The van der Waals surface area contributed by atoms with E-state index in [9.17, 15) is 13.2 Å². The van der Waals surface area contributed by atoms with Gasteiger partial charge in [0.2, 0.25) is 5.13 Å². The van der Waals surface area contributed by atoms with Gasteiger partial charge in [-0.15, -0.1) is 10.2 Å². The van der Waals surface area contributed by atoms with Gasteiger partial charge < -0.3 is 0 Å². The summed E-state index contributed by atoms with van der Waals surface area (Å²) in [5.41, 5.74) is 3.11. The van der Waals surface area contributed by atoms with Crippen LogP contribution in [0.5, 0.6) is 0 Å². The second-order valence-electron chi connectivity index (χ2n) is 7.44. The highest BCUT2D eigenvalue weighted by molar-refractivity contribution is 7.92. The third-order valence-electron chi connectivity index (χ3n) is 4.85. The van der Waals surface area contributed by atoms with Crippen molar-refractivity contribution in [2.24, 2.45) is 0 Å². The van der Waals surface area contributed by atoms with Gasteiger partial charge in [-0.1, -0.05) is 64.4 Å². The first-order chi connectivity index (χ1) is 16.1. The highest BCUT2D eigenvalue weighted by Crippen LogP contribution is 2.29. The predicted molar refractivity (Wildman–Crippen MR) is 136 cm³/mol. The Morgan fingerprint density at radius 1 is 0.941 bits per heavy atom. The van der Waals surface area contributed by atoms with Crippen molar-refractivity contribution >= 4 is 61.3 Å². The SMILES string of the molecule is Cc1ccc(NS(=O)(=O)c2cc(C(=O)Nc3nnc(-c4ccc(Cl)cc4)s3)ccc2Cl)c(C)c1. The summed E-state index contributed by atoms with van der Waals surface area (Å²) in [5.74, 6) is -0.543. The quantitative estimate of drug-likeness (QED) is 0.308. The second-order valence-corrected chi connectivity index (χ2v) is 10.9. The van der Waals surface area contributed by atoms with Crippen LogP contribution in [0.2, 0.25) is 10.0 Å². The molecule has 0 bridgehead atoms. The molecule has 1 heterocycles. The van der Waals surface area contributed by atoms with Crippen LogP contribution in [-0.4, -0.2) is 24.5 Å². The minimum atomic E-state index is -4.04. The summed E-state index contributed by atoms with van der Waals surface area (Å²) in [6, 6.07) is 16.4. The zero-order valence-electron chi connectivity index (χ0n) is 18.0. The van der Waals surface area contributed by atoms with Crippen molar-refractivity contribution in [2.45, 2.75) is 18.7 Å². The van der Waals surface area contributed by atoms with Crippen molar-refractivity contribution < 1.29 is 13.2 Å². The Morgan fingerprint density at radius 2 is 1.68 bits per heavy atom. The minimum absolute atomic E-state index is 0.00486. The van der Waals surface area contributed by atoms with Gasteiger partial charge in [-0.3, -0.25) is 14.8 Å². The normalized spacial score (nSPS) is 11.3. The lowest BCUT2D eigenvalue weighted by atomic mass is 10.1. The molecule has 0 aliphatic rings. The van der Waals surface area contributed by atoms with E-state index in [1.807, 2.05) is 13.0 Å². The number of carbonyl (C=O) groups excluding carboxylic acids is 1. The van der Waals surface area contributed by atoms with Crippen LogP contribution < -0.4 is 10.0 Å². The summed E-state index contributed by atoms with van der Waals surface area (Å²) >= 11 is 13.3. The van der Waals surface area contributed by atoms with Gasteiger partial charge in [0, 0.05) is 16.1 Å². The van der Waals surface area contributed by atoms with Gasteiger partial charge in [-0.2, -0.15) is 0 Å². The Morgan fingerprint density at radius 3 is 2.38 bits per heavy atom. The van der Waals surface area contributed by atoms with Crippen molar-refractivity contribution in [3.8, 4) is 10.6 Å². The van der Waals surface area contributed by atoms with E-state index in [4.69, 9.17) is 23.2 Å². The van der Waals surface area contributed by atoms with Gasteiger partial charge in [0.1, 0.15) is 9.90 Å². The van der Waals surface area contributed by atoms with E-state index in [0.29, 0.717) is 15.7 Å². The second kappa shape index (κ2) is 9.71. The summed E-state index contributed by atoms with van der Waals surface area (Å²) < 4.78 is 28.6. The third kappa shape index (κ3) is 5.39. The fraction of sp³-hybridized carbons (Fsp3) is 0.0870. The van der Waals surface area contributed by atoms with Crippen LogP contribution in [0.25, 0.3) is 10.6 Å². The zero-order valence-corrected chi connectivity index (χ0v) is 21.1. The van der Waals surface area contributed by atoms with Gasteiger partial charge >= 0.3 is 0 Å². The van der Waals surface area contributed by atoms with E-state index >= 15 is 0 Å². The number of amides is 1. The number of hydrogen-bond acceptors (Lipinski definition) is 6. The van der Waals surface area contributed by atoms with E-state index < -0.39 is 15.9 Å². The first kappa shape index (κ1) is 24.2. The molecule has 3 aromatic carbocycles. The van der Waals surface area contributed by atoms with E-state index in [-0.39, 0.29) is 20.6 Å². The molecular formula is C23H18Cl2N4O3S2. The minimum Gasteiger partial charge on any atom is -0.296 e. The topological polar surface area (TPSA) is 101 Å². The van der Waals surface area contributed by atoms with Crippen LogP contribution >= 0.6 is 34.5 Å². The maximum absolute atomic E-state index is 13.0. The van der Waals surface area contributed by atoms with E-state index in [1.54, 1.807) is 43.3 Å². The molecule has 0 aliphatic carbocycles. The molecule has 0 fully saturated rings. The lowest BCUT2D eigenvalue weighted by molar-refractivity contribution is 0.102. The molecule has 0 radical (unpaired) electrons. The maximum atomic E-state index is 13.0. The van der Waals surface area contributed by atoms with Crippen molar-refractivity contribution in [3.05, 3.63) is 87.4 Å². The number of carbonyl (C=O) groups is 1. The average Bonchev–Trinajstić information content (AvgIpc) is 3.24. The van der Waals surface area contributed by atoms with Crippen LogP contribution in [0.4, 0.5) is 10.8 Å². The van der Waals surface area contributed by atoms with Crippen LogP contribution in [0.1, 0.15) is 21.5 Å². The van der Waals surface area contributed by atoms with Crippen LogP contribution in [0, 0.1) is 13.8 Å². The van der Waals surface area contributed by atoms with Crippen LogP contribution in [0.15, 0.2) is 65.6 Å². The first-order valence-electron chi connectivity index (χ1n) is 9.93.